The second-order valence-corrected chi connectivity index (χ2v) is 7.51. The van der Waals surface area contributed by atoms with Crippen molar-refractivity contribution in [1.82, 2.24) is 14.2 Å². The van der Waals surface area contributed by atoms with Gasteiger partial charge in [-0.25, -0.2) is 13.4 Å². The second kappa shape index (κ2) is 6.72. The zero-order chi connectivity index (χ0) is 15.5. The lowest BCUT2D eigenvalue weighted by molar-refractivity contribution is 0.302. The van der Waals surface area contributed by atoms with Crippen LogP contribution < -0.4 is 5.32 Å². The van der Waals surface area contributed by atoms with Crippen LogP contribution in [0.15, 0.2) is 23.2 Å². The Hall–Kier alpha value is -1.18. The van der Waals surface area contributed by atoms with Gasteiger partial charge in [0.1, 0.15) is 5.82 Å². The fourth-order valence-corrected chi connectivity index (χ4v) is 3.93. The van der Waals surface area contributed by atoms with Gasteiger partial charge in [0.25, 0.3) is 0 Å². The maximum Gasteiger partial charge on any atom is 0.243 e. The number of hydrogen-bond acceptors (Lipinski definition) is 5. The van der Waals surface area contributed by atoms with Crippen molar-refractivity contribution in [2.24, 2.45) is 0 Å². The molecule has 1 aromatic rings. The minimum absolute atomic E-state index is 0.291. The van der Waals surface area contributed by atoms with Crippen molar-refractivity contribution in [2.45, 2.75) is 30.7 Å². The first-order valence-corrected chi connectivity index (χ1v) is 8.75. The molecule has 2 rings (SSSR count). The summed E-state index contributed by atoms with van der Waals surface area (Å²) >= 11 is 0. The van der Waals surface area contributed by atoms with E-state index in [1.165, 1.54) is 0 Å². The van der Waals surface area contributed by atoms with Gasteiger partial charge in [0.05, 0.1) is 4.90 Å². The van der Waals surface area contributed by atoms with Gasteiger partial charge in [-0.15, -0.1) is 0 Å². The van der Waals surface area contributed by atoms with Crippen LogP contribution in [0.4, 0.5) is 5.82 Å². The summed E-state index contributed by atoms with van der Waals surface area (Å²) in [6, 6.07) is 3.47. The zero-order valence-electron chi connectivity index (χ0n) is 12.9. The maximum atomic E-state index is 12.7. The first kappa shape index (κ1) is 16.2. The summed E-state index contributed by atoms with van der Waals surface area (Å²) < 4.78 is 26.9. The lowest BCUT2D eigenvalue weighted by Gasteiger charge is -2.20. The van der Waals surface area contributed by atoms with E-state index in [1.807, 2.05) is 14.1 Å². The van der Waals surface area contributed by atoms with Crippen molar-refractivity contribution in [3.8, 4) is 0 Å². The van der Waals surface area contributed by atoms with Crippen molar-refractivity contribution in [3.05, 3.63) is 18.3 Å². The topological polar surface area (TPSA) is 65.5 Å². The van der Waals surface area contributed by atoms with Crippen molar-refractivity contribution in [1.29, 1.82) is 0 Å². The molecule has 1 atom stereocenters. The smallest absolute Gasteiger partial charge is 0.243 e. The van der Waals surface area contributed by atoms with Crippen LogP contribution in [-0.4, -0.2) is 62.4 Å². The van der Waals surface area contributed by atoms with Gasteiger partial charge in [-0.1, -0.05) is 6.92 Å². The number of sulfonamides is 1. The van der Waals surface area contributed by atoms with Crippen LogP contribution in [0.3, 0.4) is 0 Å². The number of nitrogens with one attached hydrogen (secondary N) is 1. The quantitative estimate of drug-likeness (QED) is 0.856. The Morgan fingerprint density at radius 1 is 1.48 bits per heavy atom. The SMILES string of the molecule is CCCNc1cc(S(=O)(=O)N2CCC(N(C)C)C2)ccn1. The average Bonchev–Trinajstić information content (AvgIpc) is 2.96. The molecule has 1 aliphatic heterocycles. The van der Waals surface area contributed by atoms with Gasteiger partial charge in [-0.2, -0.15) is 4.31 Å². The highest BCUT2D eigenvalue weighted by Crippen LogP contribution is 2.23. The third kappa shape index (κ3) is 3.72. The fraction of sp³-hybridized carbons (Fsp3) is 0.643. The van der Waals surface area contributed by atoms with Crippen molar-refractivity contribution >= 4 is 15.8 Å². The summed E-state index contributed by atoms with van der Waals surface area (Å²) in [5, 5.41) is 3.12. The Balaban J connectivity index is 2.16. The van der Waals surface area contributed by atoms with Gasteiger partial charge >= 0.3 is 0 Å². The van der Waals surface area contributed by atoms with Gasteiger partial charge in [0.15, 0.2) is 0 Å². The molecule has 1 unspecified atom stereocenters. The van der Waals surface area contributed by atoms with Gasteiger partial charge < -0.3 is 10.2 Å². The Kier molecular flexibility index (Phi) is 5.18. The lowest BCUT2D eigenvalue weighted by Crippen LogP contribution is -2.34. The number of rotatable bonds is 6. The molecule has 118 valence electrons. The minimum Gasteiger partial charge on any atom is -0.370 e. The first-order chi connectivity index (χ1) is 9.95. The average molecular weight is 312 g/mol. The van der Waals surface area contributed by atoms with Crippen molar-refractivity contribution in [2.75, 3.05) is 39.0 Å². The summed E-state index contributed by atoms with van der Waals surface area (Å²) in [5.41, 5.74) is 0. The molecule has 0 saturated carbocycles. The molecule has 0 aliphatic carbocycles. The number of aromatic nitrogens is 1. The Labute approximate surface area is 127 Å². The second-order valence-electron chi connectivity index (χ2n) is 5.57. The highest BCUT2D eigenvalue weighted by Gasteiger charge is 2.33. The fourth-order valence-electron chi connectivity index (χ4n) is 2.42. The van der Waals surface area contributed by atoms with E-state index in [4.69, 9.17) is 0 Å². The predicted molar refractivity (Wildman–Crippen MR) is 83.9 cm³/mol. The molecule has 1 aromatic heterocycles. The molecule has 6 nitrogen and oxygen atoms in total. The monoisotopic (exact) mass is 312 g/mol. The van der Waals surface area contributed by atoms with E-state index in [1.54, 1.807) is 22.6 Å². The van der Waals surface area contributed by atoms with Crippen LogP contribution in [-0.2, 0) is 10.0 Å². The molecule has 0 aromatic carbocycles. The van der Waals surface area contributed by atoms with E-state index in [0.717, 1.165) is 19.4 Å². The summed E-state index contributed by atoms with van der Waals surface area (Å²) in [4.78, 5) is 6.55. The van der Waals surface area contributed by atoms with E-state index >= 15 is 0 Å². The van der Waals surface area contributed by atoms with Crippen LogP contribution >= 0.6 is 0 Å². The molecule has 0 radical (unpaired) electrons. The number of anilines is 1. The highest BCUT2D eigenvalue weighted by atomic mass is 32.2. The van der Waals surface area contributed by atoms with Crippen LogP contribution in [0.2, 0.25) is 0 Å². The Morgan fingerprint density at radius 2 is 2.24 bits per heavy atom. The van der Waals surface area contributed by atoms with Crippen LogP contribution in [0, 0.1) is 0 Å². The molecule has 7 heteroatoms. The normalized spacial score (nSPS) is 20.1. The number of nitrogens with zero attached hydrogens (tertiary/aromatic N) is 3. The summed E-state index contributed by atoms with van der Waals surface area (Å²) in [6.45, 7) is 3.96. The molecule has 1 N–H and O–H groups in total. The standard InChI is InChI=1S/C14H24N4O2S/c1-4-7-15-14-10-13(5-8-16-14)21(19,20)18-9-6-12(11-18)17(2)3/h5,8,10,12H,4,6-7,9,11H2,1-3H3,(H,15,16). The lowest BCUT2D eigenvalue weighted by atomic mass is 10.2. The minimum atomic E-state index is -3.43. The molecule has 0 bridgehead atoms. The predicted octanol–water partition coefficient (Wildman–Crippen LogP) is 1.23. The molecule has 0 amide bonds. The van der Waals surface area contributed by atoms with Gasteiger partial charge in [-0.05, 0) is 33.0 Å². The molecule has 0 spiro atoms. The van der Waals surface area contributed by atoms with E-state index in [2.05, 4.69) is 22.1 Å². The number of pyridine rings is 1. The third-order valence-electron chi connectivity index (χ3n) is 3.78. The Bertz CT molecular complexity index is 574. The maximum absolute atomic E-state index is 12.7. The summed E-state index contributed by atoms with van der Waals surface area (Å²) in [6.07, 6.45) is 3.39. The third-order valence-corrected chi connectivity index (χ3v) is 5.64. The van der Waals surface area contributed by atoms with Crippen molar-refractivity contribution in [3.63, 3.8) is 0 Å². The van der Waals surface area contributed by atoms with E-state index in [-0.39, 0.29) is 0 Å². The summed E-state index contributed by atoms with van der Waals surface area (Å²) in [5.74, 6) is 0.612. The van der Waals surface area contributed by atoms with Crippen LogP contribution in [0.1, 0.15) is 19.8 Å². The molecule has 21 heavy (non-hydrogen) atoms. The molecular formula is C14H24N4O2S. The van der Waals surface area contributed by atoms with Crippen molar-refractivity contribution < 1.29 is 8.42 Å². The summed E-state index contributed by atoms with van der Waals surface area (Å²) in [7, 11) is 0.546. The van der Waals surface area contributed by atoms with Gasteiger partial charge in [0, 0.05) is 37.9 Å². The van der Waals surface area contributed by atoms with Gasteiger partial charge in [-0.3, -0.25) is 0 Å². The molecular weight excluding hydrogens is 288 g/mol. The number of hydrogen-bond donors (Lipinski definition) is 1. The molecule has 1 fully saturated rings. The van der Waals surface area contributed by atoms with Gasteiger partial charge in [0.2, 0.25) is 10.0 Å². The highest BCUT2D eigenvalue weighted by molar-refractivity contribution is 7.89. The molecule has 1 saturated heterocycles. The Morgan fingerprint density at radius 3 is 2.86 bits per heavy atom. The zero-order valence-corrected chi connectivity index (χ0v) is 13.7. The van der Waals surface area contributed by atoms with Crippen LogP contribution in [0.25, 0.3) is 0 Å². The molecule has 2 heterocycles. The van der Waals surface area contributed by atoms with E-state index in [0.29, 0.717) is 29.8 Å². The van der Waals surface area contributed by atoms with Crippen LogP contribution in [0.5, 0.6) is 0 Å². The molecule has 1 aliphatic rings. The first-order valence-electron chi connectivity index (χ1n) is 7.31. The van der Waals surface area contributed by atoms with E-state index in [9.17, 15) is 8.42 Å². The number of likely N-dealkylation sites (N-methyl/N-ethyl adjacent to an activating group) is 1. The largest absolute Gasteiger partial charge is 0.370 e. The van der Waals surface area contributed by atoms with E-state index < -0.39 is 10.0 Å².